The lowest BCUT2D eigenvalue weighted by atomic mass is 9.93. The summed E-state index contributed by atoms with van der Waals surface area (Å²) in [6, 6.07) is 0.348. The van der Waals surface area contributed by atoms with Gasteiger partial charge in [0, 0.05) is 29.4 Å². The summed E-state index contributed by atoms with van der Waals surface area (Å²) in [5.41, 5.74) is 1.04. The number of carbonyl (C=O) groups excluding carboxylic acids is 2. The van der Waals surface area contributed by atoms with E-state index >= 15 is 0 Å². The third kappa shape index (κ3) is 1.81. The molecule has 1 fully saturated rings. The molecule has 3 heterocycles. The first-order chi connectivity index (χ1) is 10.6. The summed E-state index contributed by atoms with van der Waals surface area (Å²) >= 11 is 1.39. The van der Waals surface area contributed by atoms with Crippen molar-refractivity contribution in [2.24, 2.45) is 0 Å². The fourth-order valence-electron chi connectivity index (χ4n) is 3.32. The molecule has 6 nitrogen and oxygen atoms in total. The maximum Gasteiger partial charge on any atom is 0.285 e. The van der Waals surface area contributed by atoms with Gasteiger partial charge in [-0.3, -0.25) is 20.1 Å². The maximum absolute atomic E-state index is 14.6. The molecule has 0 saturated carbocycles. The molecule has 0 spiro atoms. The molecule has 8 heteroatoms. The van der Waals surface area contributed by atoms with Crippen molar-refractivity contribution < 1.29 is 19.2 Å². The predicted molar refractivity (Wildman–Crippen MR) is 77.4 cm³/mol. The van der Waals surface area contributed by atoms with Crippen LogP contribution in [-0.2, 0) is 4.79 Å². The smallest absolute Gasteiger partial charge is 0.285 e. The zero-order valence-electron chi connectivity index (χ0n) is 11.6. The zero-order chi connectivity index (χ0) is 15.4. The first-order valence-electron chi connectivity index (χ1n) is 7.14. The second kappa shape index (κ2) is 4.94. The third-order valence-corrected chi connectivity index (χ3v) is 5.35. The fourth-order valence-corrected chi connectivity index (χ4v) is 4.46. The molecule has 2 amide bonds. The van der Waals surface area contributed by atoms with Crippen LogP contribution in [0.4, 0.5) is 10.1 Å². The first kappa shape index (κ1) is 14.0. The van der Waals surface area contributed by atoms with Gasteiger partial charge in [-0.25, -0.2) is 4.39 Å². The number of imide groups is 1. The summed E-state index contributed by atoms with van der Waals surface area (Å²) in [4.78, 5) is 26.8. The molecule has 4 rings (SSSR count). The van der Waals surface area contributed by atoms with Crippen molar-refractivity contribution in [2.45, 2.75) is 23.8 Å². The number of hydrogen-bond donors (Lipinski definition) is 2. The Morgan fingerprint density at radius 3 is 2.77 bits per heavy atom. The number of halogens is 1. The van der Waals surface area contributed by atoms with E-state index in [1.54, 1.807) is 0 Å². The molecule has 116 valence electrons. The third-order valence-electron chi connectivity index (χ3n) is 4.34. The standard InChI is InChI=1S/C14H14FN3O3S/c15-8-5-7-9-10(14(20)18(21)13(7)19)16-6-22-12(9)11(8)17-3-1-2-4-17/h5,10,16,21H,1-4,6H2. The van der Waals surface area contributed by atoms with E-state index in [9.17, 15) is 19.2 Å². The largest absolute Gasteiger partial charge is 0.368 e. The molecule has 1 unspecified atom stereocenters. The van der Waals surface area contributed by atoms with Crippen LogP contribution >= 0.6 is 11.8 Å². The molecule has 0 radical (unpaired) electrons. The van der Waals surface area contributed by atoms with Crippen molar-refractivity contribution >= 4 is 29.3 Å². The number of amides is 2. The van der Waals surface area contributed by atoms with Gasteiger partial charge in [-0.2, -0.15) is 5.06 Å². The lowest BCUT2D eigenvalue weighted by Crippen LogP contribution is -2.49. The Hall–Kier alpha value is -1.64. The number of hydrogen-bond acceptors (Lipinski definition) is 6. The second-order valence-electron chi connectivity index (χ2n) is 5.57. The summed E-state index contributed by atoms with van der Waals surface area (Å²) in [6.07, 6.45) is 2.01. The Kier molecular flexibility index (Phi) is 3.14. The molecular weight excluding hydrogens is 309 g/mol. The van der Waals surface area contributed by atoms with Crippen LogP contribution in [0.3, 0.4) is 0 Å². The number of carbonyl (C=O) groups is 2. The number of benzene rings is 1. The molecule has 3 aliphatic heterocycles. The molecule has 1 saturated heterocycles. The molecule has 22 heavy (non-hydrogen) atoms. The number of nitrogens with zero attached hydrogens (tertiary/aromatic N) is 2. The van der Waals surface area contributed by atoms with Gasteiger partial charge in [0.1, 0.15) is 11.9 Å². The monoisotopic (exact) mass is 323 g/mol. The van der Waals surface area contributed by atoms with Gasteiger partial charge in [0.25, 0.3) is 11.8 Å². The van der Waals surface area contributed by atoms with Crippen LogP contribution in [-0.4, -0.2) is 41.1 Å². The van der Waals surface area contributed by atoms with Gasteiger partial charge in [0.2, 0.25) is 0 Å². The Morgan fingerprint density at radius 1 is 1.32 bits per heavy atom. The van der Waals surface area contributed by atoms with Gasteiger partial charge in [-0.15, -0.1) is 11.8 Å². The van der Waals surface area contributed by atoms with Crippen molar-refractivity contribution in [3.8, 4) is 0 Å². The van der Waals surface area contributed by atoms with Crippen LogP contribution in [0, 0.1) is 5.82 Å². The lowest BCUT2D eigenvalue weighted by Gasteiger charge is -2.36. The summed E-state index contributed by atoms with van der Waals surface area (Å²) < 4.78 is 14.6. The summed E-state index contributed by atoms with van der Waals surface area (Å²) in [6.45, 7) is 1.55. The van der Waals surface area contributed by atoms with E-state index in [0.717, 1.165) is 32.0 Å². The number of hydroxylamine groups is 2. The van der Waals surface area contributed by atoms with Gasteiger partial charge in [-0.05, 0) is 18.9 Å². The second-order valence-corrected chi connectivity index (χ2v) is 6.56. The number of rotatable bonds is 1. The molecule has 0 aromatic heterocycles. The number of thioether (sulfide) groups is 1. The Labute approximate surface area is 130 Å². The normalized spacial score (nSPS) is 24.0. The average Bonchev–Trinajstić information content (AvgIpc) is 3.04. The van der Waals surface area contributed by atoms with Crippen molar-refractivity contribution in [2.75, 3.05) is 23.9 Å². The van der Waals surface area contributed by atoms with Crippen LogP contribution in [0.2, 0.25) is 0 Å². The van der Waals surface area contributed by atoms with E-state index in [1.807, 2.05) is 4.90 Å². The Bertz CT molecular complexity index is 690. The van der Waals surface area contributed by atoms with Crippen molar-refractivity contribution in [3.05, 3.63) is 23.0 Å². The van der Waals surface area contributed by atoms with Gasteiger partial charge in [0.15, 0.2) is 0 Å². The van der Waals surface area contributed by atoms with Crippen molar-refractivity contribution in [3.63, 3.8) is 0 Å². The highest BCUT2D eigenvalue weighted by atomic mass is 32.2. The summed E-state index contributed by atoms with van der Waals surface area (Å²) in [7, 11) is 0. The molecule has 2 N–H and O–H groups in total. The number of nitrogens with one attached hydrogen (secondary N) is 1. The van der Waals surface area contributed by atoms with E-state index < -0.39 is 23.7 Å². The Balaban J connectivity index is 1.96. The van der Waals surface area contributed by atoms with Crippen LogP contribution in [0.5, 0.6) is 0 Å². The first-order valence-corrected chi connectivity index (χ1v) is 8.13. The highest BCUT2D eigenvalue weighted by Crippen LogP contribution is 2.46. The van der Waals surface area contributed by atoms with E-state index in [-0.39, 0.29) is 10.6 Å². The highest BCUT2D eigenvalue weighted by molar-refractivity contribution is 7.99. The minimum Gasteiger partial charge on any atom is -0.368 e. The van der Waals surface area contributed by atoms with E-state index in [4.69, 9.17) is 0 Å². The average molecular weight is 323 g/mol. The van der Waals surface area contributed by atoms with E-state index in [2.05, 4.69) is 5.32 Å². The van der Waals surface area contributed by atoms with Crippen LogP contribution in [0.1, 0.15) is 34.8 Å². The van der Waals surface area contributed by atoms with Gasteiger partial charge >= 0.3 is 0 Å². The predicted octanol–water partition coefficient (Wildman–Crippen LogP) is 1.49. The zero-order valence-corrected chi connectivity index (χ0v) is 12.5. The van der Waals surface area contributed by atoms with E-state index in [1.165, 1.54) is 11.8 Å². The molecule has 1 aromatic carbocycles. The van der Waals surface area contributed by atoms with Crippen molar-refractivity contribution in [1.82, 2.24) is 10.4 Å². The minimum atomic E-state index is -0.867. The van der Waals surface area contributed by atoms with E-state index in [0.29, 0.717) is 22.0 Å². The van der Waals surface area contributed by atoms with Gasteiger partial charge < -0.3 is 4.90 Å². The van der Waals surface area contributed by atoms with Gasteiger partial charge in [0.05, 0.1) is 11.3 Å². The van der Waals surface area contributed by atoms with Gasteiger partial charge in [-0.1, -0.05) is 0 Å². The summed E-state index contributed by atoms with van der Waals surface area (Å²) in [5.74, 6) is -1.62. The molecule has 3 aliphatic rings. The number of anilines is 1. The maximum atomic E-state index is 14.6. The van der Waals surface area contributed by atoms with Crippen LogP contribution in [0.25, 0.3) is 0 Å². The minimum absolute atomic E-state index is 0.0576. The topological polar surface area (TPSA) is 72.9 Å². The SMILES string of the molecule is O=C1c2cc(F)c(N3CCCC3)c3c2C(NCS3)C(=O)N1O. The molecule has 0 aliphatic carbocycles. The fraction of sp³-hybridized carbons (Fsp3) is 0.429. The highest BCUT2D eigenvalue weighted by Gasteiger charge is 2.43. The molecule has 0 bridgehead atoms. The lowest BCUT2D eigenvalue weighted by molar-refractivity contribution is -0.157. The molecular formula is C14H14FN3O3S. The van der Waals surface area contributed by atoms with Crippen molar-refractivity contribution in [1.29, 1.82) is 0 Å². The van der Waals surface area contributed by atoms with Crippen LogP contribution in [0.15, 0.2) is 11.0 Å². The Morgan fingerprint density at radius 2 is 2.05 bits per heavy atom. The van der Waals surface area contributed by atoms with Crippen LogP contribution < -0.4 is 10.2 Å². The summed E-state index contributed by atoms with van der Waals surface area (Å²) in [5, 5.41) is 12.7. The quantitative estimate of drug-likeness (QED) is 0.603. The molecule has 1 aromatic rings. The molecule has 1 atom stereocenters.